The summed E-state index contributed by atoms with van der Waals surface area (Å²) in [6.45, 7) is 1.44. The molecule has 0 aliphatic carbocycles. The van der Waals surface area contributed by atoms with E-state index in [1.165, 1.54) is 6.42 Å². The van der Waals surface area contributed by atoms with Crippen molar-refractivity contribution < 1.29 is 19.4 Å². The quantitative estimate of drug-likeness (QED) is 0.876. The SMILES string of the molecule is CN(CC1CCCCO1)C(=O)CCc1ccc(C(=O)O)cc1. The number of rotatable bonds is 6. The van der Waals surface area contributed by atoms with Crippen LogP contribution in [-0.4, -0.2) is 48.2 Å². The van der Waals surface area contributed by atoms with Crippen molar-refractivity contribution in [1.29, 1.82) is 0 Å². The Morgan fingerprint density at radius 3 is 2.59 bits per heavy atom. The standard InChI is InChI=1S/C17H23NO4/c1-18(12-15-4-2-3-11-22-15)16(19)10-7-13-5-8-14(9-6-13)17(20)21/h5-6,8-9,15H,2-4,7,10-12H2,1H3,(H,20,21). The minimum absolute atomic E-state index is 0.0940. The molecule has 120 valence electrons. The highest BCUT2D eigenvalue weighted by Gasteiger charge is 2.18. The molecule has 1 heterocycles. The minimum Gasteiger partial charge on any atom is -0.478 e. The van der Waals surface area contributed by atoms with E-state index in [0.717, 1.165) is 25.0 Å². The zero-order valence-electron chi connectivity index (χ0n) is 13.0. The molecule has 0 spiro atoms. The van der Waals surface area contributed by atoms with E-state index in [4.69, 9.17) is 9.84 Å². The Morgan fingerprint density at radius 2 is 2.00 bits per heavy atom. The molecular weight excluding hydrogens is 282 g/mol. The highest BCUT2D eigenvalue weighted by molar-refractivity contribution is 5.87. The molecule has 5 heteroatoms. The lowest BCUT2D eigenvalue weighted by Crippen LogP contribution is -2.37. The summed E-state index contributed by atoms with van der Waals surface area (Å²) in [5, 5.41) is 8.85. The van der Waals surface area contributed by atoms with E-state index in [1.807, 2.05) is 7.05 Å². The van der Waals surface area contributed by atoms with Gasteiger partial charge in [0.05, 0.1) is 11.7 Å². The number of carbonyl (C=O) groups excluding carboxylic acids is 1. The second-order valence-electron chi connectivity index (χ2n) is 5.76. The van der Waals surface area contributed by atoms with E-state index < -0.39 is 5.97 Å². The number of hydrogen-bond donors (Lipinski definition) is 1. The number of benzene rings is 1. The summed E-state index contributed by atoms with van der Waals surface area (Å²) in [4.78, 5) is 24.7. The van der Waals surface area contributed by atoms with Crippen LogP contribution in [0.3, 0.4) is 0 Å². The molecule has 0 bridgehead atoms. The molecule has 1 amide bonds. The number of aromatic carboxylic acids is 1. The summed E-state index contributed by atoms with van der Waals surface area (Å²) in [5.74, 6) is -0.841. The van der Waals surface area contributed by atoms with Crippen molar-refractivity contribution in [3.8, 4) is 0 Å². The van der Waals surface area contributed by atoms with Gasteiger partial charge < -0.3 is 14.7 Å². The molecule has 1 aliphatic rings. The van der Waals surface area contributed by atoms with Gasteiger partial charge in [0.25, 0.3) is 0 Å². The molecule has 22 heavy (non-hydrogen) atoms. The van der Waals surface area contributed by atoms with Crippen LogP contribution in [0.25, 0.3) is 0 Å². The van der Waals surface area contributed by atoms with Gasteiger partial charge in [-0.05, 0) is 43.4 Å². The van der Waals surface area contributed by atoms with Crippen molar-refractivity contribution in [3.05, 3.63) is 35.4 Å². The predicted molar refractivity (Wildman–Crippen MR) is 83.0 cm³/mol. The third-order valence-electron chi connectivity index (χ3n) is 4.01. The van der Waals surface area contributed by atoms with Gasteiger partial charge in [-0.15, -0.1) is 0 Å². The van der Waals surface area contributed by atoms with Crippen molar-refractivity contribution in [2.45, 2.75) is 38.2 Å². The predicted octanol–water partition coefficient (Wildman–Crippen LogP) is 2.34. The number of carboxylic acids is 1. The normalized spacial score (nSPS) is 18.0. The zero-order valence-corrected chi connectivity index (χ0v) is 13.0. The fourth-order valence-corrected chi connectivity index (χ4v) is 2.61. The van der Waals surface area contributed by atoms with E-state index in [9.17, 15) is 9.59 Å². The molecule has 0 aromatic heterocycles. The number of carboxylic acid groups (broad SMARTS) is 1. The Morgan fingerprint density at radius 1 is 1.27 bits per heavy atom. The van der Waals surface area contributed by atoms with Crippen molar-refractivity contribution in [2.75, 3.05) is 20.2 Å². The summed E-state index contributed by atoms with van der Waals surface area (Å²) in [5.41, 5.74) is 1.24. The summed E-state index contributed by atoms with van der Waals surface area (Å²) in [7, 11) is 1.81. The average molecular weight is 305 g/mol. The highest BCUT2D eigenvalue weighted by atomic mass is 16.5. The van der Waals surface area contributed by atoms with Crippen LogP contribution in [0, 0.1) is 0 Å². The monoisotopic (exact) mass is 305 g/mol. The number of hydrogen-bond acceptors (Lipinski definition) is 3. The van der Waals surface area contributed by atoms with Crippen LogP contribution in [0.2, 0.25) is 0 Å². The molecule has 5 nitrogen and oxygen atoms in total. The van der Waals surface area contributed by atoms with Gasteiger partial charge >= 0.3 is 5.97 Å². The molecule has 1 fully saturated rings. The molecule has 1 N–H and O–H groups in total. The molecule has 0 saturated carbocycles. The Hall–Kier alpha value is -1.88. The topological polar surface area (TPSA) is 66.8 Å². The second-order valence-corrected chi connectivity index (χ2v) is 5.76. The Kier molecular flexibility index (Phi) is 5.95. The summed E-state index contributed by atoms with van der Waals surface area (Å²) in [6.07, 6.45) is 4.51. The maximum absolute atomic E-state index is 12.1. The lowest BCUT2D eigenvalue weighted by molar-refractivity contribution is -0.132. The maximum atomic E-state index is 12.1. The Balaban J connectivity index is 1.77. The Bertz CT molecular complexity index is 506. The van der Waals surface area contributed by atoms with Crippen LogP contribution in [-0.2, 0) is 16.0 Å². The van der Waals surface area contributed by atoms with E-state index in [0.29, 0.717) is 19.4 Å². The van der Waals surface area contributed by atoms with Gasteiger partial charge in [-0.3, -0.25) is 4.79 Å². The van der Waals surface area contributed by atoms with Gasteiger partial charge in [-0.25, -0.2) is 4.79 Å². The van der Waals surface area contributed by atoms with Gasteiger partial charge in [0.1, 0.15) is 0 Å². The maximum Gasteiger partial charge on any atom is 0.335 e. The zero-order chi connectivity index (χ0) is 15.9. The third kappa shape index (κ3) is 4.84. The summed E-state index contributed by atoms with van der Waals surface area (Å²) >= 11 is 0. The fourth-order valence-electron chi connectivity index (χ4n) is 2.61. The van der Waals surface area contributed by atoms with Crippen LogP contribution in [0.15, 0.2) is 24.3 Å². The summed E-state index contributed by atoms with van der Waals surface area (Å²) in [6, 6.07) is 6.67. The van der Waals surface area contributed by atoms with Gasteiger partial charge in [0.15, 0.2) is 0 Å². The molecule has 1 aromatic rings. The Labute approximate surface area is 130 Å². The first-order valence-corrected chi connectivity index (χ1v) is 7.74. The largest absolute Gasteiger partial charge is 0.478 e. The number of aryl methyl sites for hydroxylation is 1. The molecule has 1 unspecified atom stereocenters. The lowest BCUT2D eigenvalue weighted by Gasteiger charge is -2.27. The van der Waals surface area contributed by atoms with Crippen LogP contribution in [0.4, 0.5) is 0 Å². The number of amides is 1. The molecule has 1 aromatic carbocycles. The van der Waals surface area contributed by atoms with Gasteiger partial charge in [0.2, 0.25) is 5.91 Å². The molecule has 0 radical (unpaired) electrons. The van der Waals surface area contributed by atoms with Crippen LogP contribution in [0.5, 0.6) is 0 Å². The molecule has 2 rings (SSSR count). The highest BCUT2D eigenvalue weighted by Crippen LogP contribution is 2.14. The molecule has 1 aliphatic heterocycles. The smallest absolute Gasteiger partial charge is 0.335 e. The van der Waals surface area contributed by atoms with E-state index in [1.54, 1.807) is 29.2 Å². The first kappa shape index (κ1) is 16.5. The molecule has 1 atom stereocenters. The number of likely N-dealkylation sites (N-methyl/N-ethyl adjacent to an activating group) is 1. The first-order chi connectivity index (χ1) is 10.6. The number of carbonyl (C=O) groups is 2. The van der Waals surface area contributed by atoms with Crippen molar-refractivity contribution in [3.63, 3.8) is 0 Å². The van der Waals surface area contributed by atoms with Crippen LogP contribution >= 0.6 is 0 Å². The van der Waals surface area contributed by atoms with Crippen LogP contribution < -0.4 is 0 Å². The second kappa shape index (κ2) is 7.94. The van der Waals surface area contributed by atoms with Gasteiger partial charge in [-0.2, -0.15) is 0 Å². The van der Waals surface area contributed by atoms with E-state index in [-0.39, 0.29) is 17.6 Å². The molecular formula is C17H23NO4. The summed E-state index contributed by atoms with van der Waals surface area (Å²) < 4.78 is 5.65. The number of ether oxygens (including phenoxy) is 1. The van der Waals surface area contributed by atoms with E-state index in [2.05, 4.69) is 0 Å². The lowest BCUT2D eigenvalue weighted by atomic mass is 10.1. The van der Waals surface area contributed by atoms with Crippen molar-refractivity contribution >= 4 is 11.9 Å². The third-order valence-corrected chi connectivity index (χ3v) is 4.01. The minimum atomic E-state index is -0.935. The van der Waals surface area contributed by atoms with Crippen LogP contribution in [0.1, 0.15) is 41.6 Å². The van der Waals surface area contributed by atoms with Crippen molar-refractivity contribution in [1.82, 2.24) is 4.90 Å². The van der Waals surface area contributed by atoms with Gasteiger partial charge in [-0.1, -0.05) is 12.1 Å². The average Bonchev–Trinajstić information content (AvgIpc) is 2.53. The van der Waals surface area contributed by atoms with E-state index >= 15 is 0 Å². The van der Waals surface area contributed by atoms with Crippen molar-refractivity contribution in [2.24, 2.45) is 0 Å². The number of nitrogens with zero attached hydrogens (tertiary/aromatic N) is 1. The fraction of sp³-hybridized carbons (Fsp3) is 0.529. The first-order valence-electron chi connectivity index (χ1n) is 7.74. The molecule has 1 saturated heterocycles. The van der Waals surface area contributed by atoms with Gasteiger partial charge in [0, 0.05) is 26.6 Å².